The predicted octanol–water partition coefficient (Wildman–Crippen LogP) is 2.76. The van der Waals surface area contributed by atoms with Gasteiger partial charge in [-0.1, -0.05) is 6.07 Å². The molecule has 1 aliphatic rings. The Hall–Kier alpha value is -2.31. The number of guanidine groups is 1. The second-order valence-electron chi connectivity index (χ2n) is 6.22. The van der Waals surface area contributed by atoms with Crippen molar-refractivity contribution in [2.75, 3.05) is 38.2 Å². The summed E-state index contributed by atoms with van der Waals surface area (Å²) < 4.78 is 44.7. The van der Waals surface area contributed by atoms with Gasteiger partial charge in [0.1, 0.15) is 5.75 Å². The van der Waals surface area contributed by atoms with Gasteiger partial charge in [0.15, 0.2) is 5.96 Å². The fraction of sp³-hybridized carbons (Fsp3) is 0.389. The highest BCUT2D eigenvalue weighted by Gasteiger charge is 2.33. The molecule has 29 heavy (non-hydrogen) atoms. The maximum Gasteiger partial charge on any atom is 0.416 e. The highest BCUT2D eigenvalue weighted by Crippen LogP contribution is 2.34. The van der Waals surface area contributed by atoms with Crippen molar-refractivity contribution in [1.82, 2.24) is 14.9 Å². The van der Waals surface area contributed by atoms with Crippen LogP contribution in [0, 0.1) is 0 Å². The number of nitrogens with two attached hydrogens (primary N) is 1. The molecule has 11 heteroatoms. The first-order chi connectivity index (χ1) is 13.4. The van der Waals surface area contributed by atoms with Crippen molar-refractivity contribution < 1.29 is 17.9 Å². The number of aromatic nitrogens is 2. The first-order valence-electron chi connectivity index (χ1n) is 8.69. The molecule has 0 bridgehead atoms. The molecule has 1 aromatic carbocycles. The number of ether oxygens (including phenoxy) is 1. The summed E-state index contributed by atoms with van der Waals surface area (Å²) in [6.07, 6.45) is -1.13. The molecule has 1 aromatic heterocycles. The summed E-state index contributed by atoms with van der Waals surface area (Å²) in [6, 6.07) is 5.57. The highest BCUT2D eigenvalue weighted by atomic mass is 127. The number of halogens is 4. The summed E-state index contributed by atoms with van der Waals surface area (Å²) >= 11 is 0. The van der Waals surface area contributed by atoms with Crippen LogP contribution in [0.5, 0.6) is 5.75 Å². The number of alkyl halides is 3. The Kier molecular flexibility index (Phi) is 7.88. The second-order valence-corrected chi connectivity index (χ2v) is 6.22. The van der Waals surface area contributed by atoms with E-state index in [1.807, 2.05) is 9.80 Å². The Morgan fingerprint density at radius 3 is 2.41 bits per heavy atom. The van der Waals surface area contributed by atoms with Gasteiger partial charge >= 0.3 is 6.18 Å². The van der Waals surface area contributed by atoms with Crippen molar-refractivity contribution in [1.29, 1.82) is 0 Å². The van der Waals surface area contributed by atoms with Crippen molar-refractivity contribution in [3.63, 3.8) is 0 Å². The molecule has 0 spiro atoms. The van der Waals surface area contributed by atoms with E-state index < -0.39 is 11.7 Å². The van der Waals surface area contributed by atoms with Gasteiger partial charge in [-0.15, -0.1) is 24.0 Å². The Labute approximate surface area is 183 Å². The number of piperazine rings is 1. The molecule has 3 rings (SSSR count). The van der Waals surface area contributed by atoms with Crippen molar-refractivity contribution in [2.45, 2.75) is 12.7 Å². The third-order valence-corrected chi connectivity index (χ3v) is 4.47. The van der Waals surface area contributed by atoms with Crippen LogP contribution >= 0.6 is 24.0 Å². The number of nitrogens with zero attached hydrogens (tertiary/aromatic N) is 5. The van der Waals surface area contributed by atoms with E-state index in [0.29, 0.717) is 32.1 Å². The van der Waals surface area contributed by atoms with Gasteiger partial charge in [0.25, 0.3) is 0 Å². The first-order valence-corrected chi connectivity index (χ1v) is 8.69. The van der Waals surface area contributed by atoms with E-state index in [9.17, 15) is 13.2 Å². The minimum atomic E-state index is -4.49. The molecule has 0 saturated carbocycles. The number of anilines is 1. The summed E-state index contributed by atoms with van der Waals surface area (Å²) in [5.41, 5.74) is 5.30. The molecular weight excluding hydrogens is 500 g/mol. The van der Waals surface area contributed by atoms with Gasteiger partial charge in [-0.05, 0) is 23.8 Å². The van der Waals surface area contributed by atoms with Gasteiger partial charge in [-0.3, -0.25) is 0 Å². The Morgan fingerprint density at radius 2 is 1.83 bits per heavy atom. The fourth-order valence-electron chi connectivity index (χ4n) is 2.94. The van der Waals surface area contributed by atoms with Gasteiger partial charge in [0, 0.05) is 38.6 Å². The first kappa shape index (κ1) is 23.0. The predicted molar refractivity (Wildman–Crippen MR) is 115 cm³/mol. The summed E-state index contributed by atoms with van der Waals surface area (Å²) in [6.45, 7) is 2.31. The Balaban J connectivity index is 0.00000300. The van der Waals surface area contributed by atoms with Crippen LogP contribution in [0.2, 0.25) is 0 Å². The quantitative estimate of drug-likeness (QED) is 0.378. The molecule has 1 aliphatic heterocycles. The lowest BCUT2D eigenvalue weighted by molar-refractivity contribution is -0.138. The molecule has 2 heterocycles. The maximum absolute atomic E-state index is 13.3. The molecule has 2 aromatic rings. The molecule has 0 amide bonds. The van der Waals surface area contributed by atoms with E-state index >= 15 is 0 Å². The topological polar surface area (TPSA) is 79.9 Å². The normalized spacial score (nSPS) is 15.1. The van der Waals surface area contributed by atoms with E-state index in [2.05, 4.69) is 15.0 Å². The number of aliphatic imine (C=N–C) groups is 1. The zero-order valence-corrected chi connectivity index (χ0v) is 18.1. The summed E-state index contributed by atoms with van der Waals surface area (Å²) in [4.78, 5) is 16.5. The van der Waals surface area contributed by atoms with Crippen LogP contribution in [0.25, 0.3) is 0 Å². The lowest BCUT2D eigenvalue weighted by Crippen LogP contribution is -2.51. The summed E-state index contributed by atoms with van der Waals surface area (Å²) in [5.74, 6) is 1.01. The van der Waals surface area contributed by atoms with Gasteiger partial charge in [-0.25, -0.2) is 15.0 Å². The number of hydrogen-bond acceptors (Lipinski definition) is 5. The van der Waals surface area contributed by atoms with E-state index in [-0.39, 0.29) is 47.8 Å². The van der Waals surface area contributed by atoms with E-state index in [0.717, 1.165) is 6.07 Å². The van der Waals surface area contributed by atoms with Crippen LogP contribution in [0.15, 0.2) is 41.7 Å². The van der Waals surface area contributed by atoms with Gasteiger partial charge in [0.05, 0.1) is 19.2 Å². The SMILES string of the molecule is COc1ccc(CN=C(N)N2CCN(c3ncccn3)CC2)c(C(F)(F)F)c1.I. The standard InChI is InChI=1S/C18H21F3N6O.HI/c1-28-14-4-3-13(15(11-14)18(19,20)21)12-25-16(22)26-7-9-27(10-8-26)17-23-5-2-6-24-17;/h2-6,11H,7-10,12H2,1H3,(H2,22,25);1H. The molecule has 7 nitrogen and oxygen atoms in total. The van der Waals surface area contributed by atoms with Crippen LogP contribution in [0.3, 0.4) is 0 Å². The van der Waals surface area contributed by atoms with E-state index in [4.69, 9.17) is 10.5 Å². The maximum atomic E-state index is 13.3. The van der Waals surface area contributed by atoms with Crippen LogP contribution < -0.4 is 15.4 Å². The number of benzene rings is 1. The smallest absolute Gasteiger partial charge is 0.416 e. The van der Waals surface area contributed by atoms with Gasteiger partial charge in [0.2, 0.25) is 5.95 Å². The largest absolute Gasteiger partial charge is 0.497 e. The fourth-order valence-corrected chi connectivity index (χ4v) is 2.94. The molecule has 0 atom stereocenters. The number of rotatable bonds is 4. The zero-order valence-electron chi connectivity index (χ0n) is 15.8. The van der Waals surface area contributed by atoms with Crippen molar-refractivity contribution >= 4 is 35.9 Å². The van der Waals surface area contributed by atoms with Gasteiger partial charge in [-0.2, -0.15) is 13.2 Å². The van der Waals surface area contributed by atoms with E-state index in [1.54, 1.807) is 18.5 Å². The van der Waals surface area contributed by atoms with E-state index in [1.165, 1.54) is 19.2 Å². The average Bonchev–Trinajstić information content (AvgIpc) is 2.72. The van der Waals surface area contributed by atoms with Crippen LogP contribution in [-0.4, -0.2) is 54.1 Å². The van der Waals surface area contributed by atoms with Crippen LogP contribution in [-0.2, 0) is 12.7 Å². The third-order valence-electron chi connectivity index (χ3n) is 4.47. The van der Waals surface area contributed by atoms with Crippen LogP contribution in [0.1, 0.15) is 11.1 Å². The van der Waals surface area contributed by atoms with Crippen molar-refractivity contribution in [3.8, 4) is 5.75 Å². The minimum Gasteiger partial charge on any atom is -0.497 e. The molecule has 0 radical (unpaired) electrons. The molecule has 0 unspecified atom stereocenters. The molecule has 1 saturated heterocycles. The zero-order chi connectivity index (χ0) is 20.1. The summed E-state index contributed by atoms with van der Waals surface area (Å²) in [7, 11) is 1.32. The highest BCUT2D eigenvalue weighted by molar-refractivity contribution is 14.0. The lowest BCUT2D eigenvalue weighted by atomic mass is 10.1. The molecule has 2 N–H and O–H groups in total. The van der Waals surface area contributed by atoms with Crippen molar-refractivity contribution in [3.05, 3.63) is 47.8 Å². The lowest BCUT2D eigenvalue weighted by Gasteiger charge is -2.35. The minimum absolute atomic E-state index is 0. The number of methoxy groups -OCH3 is 1. The monoisotopic (exact) mass is 522 g/mol. The third kappa shape index (κ3) is 5.84. The molecular formula is C18H22F3IN6O. The molecule has 0 aliphatic carbocycles. The van der Waals surface area contributed by atoms with Crippen LogP contribution in [0.4, 0.5) is 19.1 Å². The average molecular weight is 522 g/mol. The second kappa shape index (κ2) is 9.94. The van der Waals surface area contributed by atoms with Gasteiger partial charge < -0.3 is 20.3 Å². The van der Waals surface area contributed by atoms with Crippen molar-refractivity contribution in [2.24, 2.45) is 10.7 Å². The number of hydrogen-bond donors (Lipinski definition) is 1. The summed E-state index contributed by atoms with van der Waals surface area (Å²) in [5, 5.41) is 0. The Morgan fingerprint density at radius 1 is 1.17 bits per heavy atom. The Bertz CT molecular complexity index is 826. The molecule has 1 fully saturated rings. The molecule has 158 valence electrons.